The fraction of sp³-hybridized carbons (Fsp3) is 0.263. The van der Waals surface area contributed by atoms with Crippen LogP contribution < -0.4 is 10.2 Å². The molecule has 26 heavy (non-hydrogen) atoms. The number of aliphatic imine (C=N–C) groups is 1. The lowest BCUT2D eigenvalue weighted by Crippen LogP contribution is -2.35. The number of aryl methyl sites for hydroxylation is 1. The summed E-state index contributed by atoms with van der Waals surface area (Å²) in [6.07, 6.45) is 17.3. The monoisotopic (exact) mass is 366 g/mol. The predicted molar refractivity (Wildman–Crippen MR) is 105 cm³/mol. The van der Waals surface area contributed by atoms with Crippen molar-refractivity contribution < 1.29 is 0 Å². The Kier molecular flexibility index (Phi) is 4.93. The maximum Gasteiger partial charge on any atom is 0.224 e. The molecule has 1 aliphatic carbocycles. The quantitative estimate of drug-likeness (QED) is 0.795. The van der Waals surface area contributed by atoms with Gasteiger partial charge in [-0.2, -0.15) is 4.98 Å². The van der Waals surface area contributed by atoms with Gasteiger partial charge in [0.15, 0.2) is 5.82 Å². The molecule has 132 valence electrons. The molecule has 2 aliphatic rings. The van der Waals surface area contributed by atoms with Gasteiger partial charge in [0.1, 0.15) is 5.02 Å². The minimum absolute atomic E-state index is 0.114. The highest BCUT2D eigenvalue weighted by molar-refractivity contribution is 6.33. The summed E-state index contributed by atoms with van der Waals surface area (Å²) in [5.74, 6) is 1.25. The molecule has 1 aliphatic heterocycles. The molecule has 7 heteroatoms. The molecule has 2 unspecified atom stereocenters. The van der Waals surface area contributed by atoms with Crippen molar-refractivity contribution >= 4 is 29.7 Å². The van der Waals surface area contributed by atoms with Crippen LogP contribution in [0.15, 0.2) is 60.0 Å². The molecule has 2 aromatic heterocycles. The number of nitrogens with zero attached hydrogens (tertiary/aromatic N) is 5. The second-order valence-electron chi connectivity index (χ2n) is 6.17. The van der Waals surface area contributed by atoms with Crippen molar-refractivity contribution in [3.8, 4) is 0 Å². The van der Waals surface area contributed by atoms with Gasteiger partial charge in [0, 0.05) is 18.9 Å². The van der Waals surface area contributed by atoms with Gasteiger partial charge in [0.05, 0.1) is 24.6 Å². The van der Waals surface area contributed by atoms with Crippen LogP contribution in [0.25, 0.3) is 0 Å². The summed E-state index contributed by atoms with van der Waals surface area (Å²) in [6, 6.07) is 4.30. The Labute approximate surface area is 157 Å². The molecule has 0 fully saturated rings. The Morgan fingerprint density at radius 1 is 1.15 bits per heavy atom. The zero-order valence-electron chi connectivity index (χ0n) is 14.2. The SMILES string of the molecule is Clc1cnc(NCCCc2ccncc2)nc1N1C=NC2C=CC=CC21. The summed E-state index contributed by atoms with van der Waals surface area (Å²) in [7, 11) is 0. The zero-order chi connectivity index (χ0) is 17.8. The summed E-state index contributed by atoms with van der Waals surface area (Å²) >= 11 is 6.34. The Morgan fingerprint density at radius 2 is 2.00 bits per heavy atom. The van der Waals surface area contributed by atoms with E-state index < -0.39 is 0 Å². The first-order valence-corrected chi connectivity index (χ1v) is 9.01. The van der Waals surface area contributed by atoms with E-state index in [1.165, 1.54) is 5.56 Å². The third-order valence-electron chi connectivity index (χ3n) is 4.41. The second-order valence-corrected chi connectivity index (χ2v) is 6.58. The summed E-state index contributed by atoms with van der Waals surface area (Å²) in [5, 5.41) is 3.79. The molecule has 0 saturated carbocycles. The van der Waals surface area contributed by atoms with E-state index in [1.807, 2.05) is 41.6 Å². The summed E-state index contributed by atoms with van der Waals surface area (Å²) in [6.45, 7) is 0.784. The molecule has 4 rings (SSSR count). The first-order valence-electron chi connectivity index (χ1n) is 8.63. The van der Waals surface area contributed by atoms with Crippen molar-refractivity contribution in [2.24, 2.45) is 4.99 Å². The summed E-state index contributed by atoms with van der Waals surface area (Å²) in [4.78, 5) is 19.4. The topological polar surface area (TPSA) is 66.3 Å². The number of halogens is 1. The molecule has 0 radical (unpaired) electrons. The van der Waals surface area contributed by atoms with Crippen LogP contribution in [-0.4, -0.2) is 39.9 Å². The lowest BCUT2D eigenvalue weighted by atomic mass is 10.0. The van der Waals surface area contributed by atoms with E-state index in [-0.39, 0.29) is 12.1 Å². The van der Waals surface area contributed by atoms with Crippen molar-refractivity contribution in [3.63, 3.8) is 0 Å². The Bertz CT molecular complexity index is 848. The van der Waals surface area contributed by atoms with Gasteiger partial charge in [-0.05, 0) is 30.5 Å². The first-order chi connectivity index (χ1) is 12.8. The second kappa shape index (κ2) is 7.66. The van der Waals surface area contributed by atoms with E-state index >= 15 is 0 Å². The molecule has 0 spiro atoms. The van der Waals surface area contributed by atoms with Gasteiger partial charge in [0.25, 0.3) is 0 Å². The van der Waals surface area contributed by atoms with Crippen LogP contribution in [-0.2, 0) is 6.42 Å². The summed E-state index contributed by atoms with van der Waals surface area (Å²) in [5.41, 5.74) is 1.27. The Balaban J connectivity index is 1.39. The lowest BCUT2D eigenvalue weighted by Gasteiger charge is -2.25. The largest absolute Gasteiger partial charge is 0.354 e. The molecule has 0 aromatic carbocycles. The van der Waals surface area contributed by atoms with E-state index in [0.717, 1.165) is 19.4 Å². The van der Waals surface area contributed by atoms with Crippen molar-refractivity contribution in [2.75, 3.05) is 16.8 Å². The highest BCUT2D eigenvalue weighted by Gasteiger charge is 2.31. The van der Waals surface area contributed by atoms with Crippen LogP contribution in [0.2, 0.25) is 5.02 Å². The molecule has 0 saturated heterocycles. The maximum absolute atomic E-state index is 6.34. The number of rotatable bonds is 6. The average molecular weight is 367 g/mol. The minimum atomic E-state index is 0.114. The van der Waals surface area contributed by atoms with E-state index in [1.54, 1.807) is 12.5 Å². The van der Waals surface area contributed by atoms with Crippen LogP contribution in [0.4, 0.5) is 11.8 Å². The molecular weight excluding hydrogens is 348 g/mol. The van der Waals surface area contributed by atoms with E-state index in [9.17, 15) is 0 Å². The number of hydrogen-bond donors (Lipinski definition) is 1. The standard InChI is InChI=1S/C19H19ClN6/c20-15-12-23-19(22-9-3-4-14-7-10-21-11-8-14)25-18(15)26-13-24-16-5-1-2-6-17(16)26/h1-2,5-8,10-13,16-17H,3-4,9H2,(H,22,23,25). The maximum atomic E-state index is 6.34. The minimum Gasteiger partial charge on any atom is -0.354 e. The van der Waals surface area contributed by atoms with Gasteiger partial charge in [0.2, 0.25) is 5.95 Å². The van der Waals surface area contributed by atoms with Crippen molar-refractivity contribution in [2.45, 2.75) is 24.9 Å². The van der Waals surface area contributed by atoms with Crippen LogP contribution >= 0.6 is 11.6 Å². The van der Waals surface area contributed by atoms with E-state index in [2.05, 4.69) is 37.4 Å². The van der Waals surface area contributed by atoms with E-state index in [0.29, 0.717) is 16.8 Å². The molecule has 0 amide bonds. The highest BCUT2D eigenvalue weighted by Crippen LogP contribution is 2.30. The molecule has 2 atom stereocenters. The third-order valence-corrected chi connectivity index (χ3v) is 4.67. The first kappa shape index (κ1) is 16.7. The van der Waals surface area contributed by atoms with Crippen LogP contribution in [0.1, 0.15) is 12.0 Å². The average Bonchev–Trinajstić information content (AvgIpc) is 3.11. The van der Waals surface area contributed by atoms with Gasteiger partial charge in [-0.1, -0.05) is 35.9 Å². The lowest BCUT2D eigenvalue weighted by molar-refractivity contribution is 0.733. The number of hydrogen-bond acceptors (Lipinski definition) is 6. The van der Waals surface area contributed by atoms with Crippen molar-refractivity contribution in [1.29, 1.82) is 0 Å². The number of anilines is 2. The predicted octanol–water partition coefficient (Wildman–Crippen LogP) is 3.28. The summed E-state index contributed by atoms with van der Waals surface area (Å²) < 4.78 is 0. The van der Waals surface area contributed by atoms with E-state index in [4.69, 9.17) is 11.6 Å². The van der Waals surface area contributed by atoms with Crippen LogP contribution in [0.5, 0.6) is 0 Å². The molecule has 0 bridgehead atoms. The highest BCUT2D eigenvalue weighted by atomic mass is 35.5. The number of aromatic nitrogens is 3. The number of fused-ring (bicyclic) bond motifs is 1. The molecule has 3 heterocycles. The molecular formula is C19H19ClN6. The van der Waals surface area contributed by atoms with Gasteiger partial charge >= 0.3 is 0 Å². The van der Waals surface area contributed by atoms with Gasteiger partial charge < -0.3 is 10.2 Å². The Morgan fingerprint density at radius 3 is 2.88 bits per heavy atom. The van der Waals surface area contributed by atoms with Gasteiger partial charge in [-0.15, -0.1) is 0 Å². The molecule has 1 N–H and O–H groups in total. The normalized spacial score (nSPS) is 20.4. The molecule has 2 aromatic rings. The third kappa shape index (κ3) is 3.60. The zero-order valence-corrected chi connectivity index (χ0v) is 14.9. The smallest absolute Gasteiger partial charge is 0.224 e. The number of pyridine rings is 1. The fourth-order valence-electron chi connectivity index (χ4n) is 3.07. The fourth-order valence-corrected chi connectivity index (χ4v) is 3.26. The van der Waals surface area contributed by atoms with Crippen LogP contribution in [0.3, 0.4) is 0 Å². The van der Waals surface area contributed by atoms with Gasteiger partial charge in [-0.25, -0.2) is 4.98 Å². The van der Waals surface area contributed by atoms with Crippen LogP contribution in [0, 0.1) is 0 Å². The van der Waals surface area contributed by atoms with Gasteiger partial charge in [-0.3, -0.25) is 9.98 Å². The van der Waals surface area contributed by atoms with Crippen molar-refractivity contribution in [1.82, 2.24) is 15.0 Å². The van der Waals surface area contributed by atoms with Crippen molar-refractivity contribution in [3.05, 3.63) is 65.6 Å². The number of nitrogens with one attached hydrogen (secondary N) is 1. The molecule has 6 nitrogen and oxygen atoms in total. The Hall–Kier alpha value is -2.73. The number of allylic oxidation sites excluding steroid dienone is 2.